The van der Waals surface area contributed by atoms with Crippen molar-refractivity contribution in [3.8, 4) is 0 Å². The van der Waals surface area contributed by atoms with Crippen LogP contribution in [0.2, 0.25) is 0 Å². The maximum absolute atomic E-state index is 12.8. The second kappa shape index (κ2) is 9.31. The molecule has 2 heterocycles. The first-order valence-electron chi connectivity index (χ1n) is 10.2. The number of aryl methyl sites for hydroxylation is 1. The molecule has 0 spiro atoms. The van der Waals surface area contributed by atoms with Crippen molar-refractivity contribution in [3.63, 3.8) is 0 Å². The summed E-state index contributed by atoms with van der Waals surface area (Å²) in [6, 6.07) is 13.3. The van der Waals surface area contributed by atoms with Gasteiger partial charge in [0.15, 0.2) is 0 Å². The minimum Gasteiger partial charge on any atom is -0.496 e. The number of amides is 2. The Kier molecular flexibility index (Phi) is 6.32. The van der Waals surface area contributed by atoms with Gasteiger partial charge in [-0.25, -0.2) is 0 Å². The lowest BCUT2D eigenvalue weighted by molar-refractivity contribution is -0.112. The molecular formula is C24H25N3O3S. The first kappa shape index (κ1) is 21.1. The van der Waals surface area contributed by atoms with E-state index < -0.39 is 0 Å². The Balaban J connectivity index is 1.42. The maximum Gasteiger partial charge on any atom is 0.265 e. The van der Waals surface area contributed by atoms with E-state index in [1.807, 2.05) is 6.20 Å². The monoisotopic (exact) mass is 435 g/mol. The molecule has 1 aliphatic rings. The third kappa shape index (κ3) is 4.77. The fourth-order valence-electron chi connectivity index (χ4n) is 3.61. The molecule has 4 rings (SSSR count). The highest BCUT2D eigenvalue weighted by atomic mass is 32.2. The lowest BCUT2D eigenvalue weighted by atomic mass is 10.1. The minimum absolute atomic E-state index is 0.217. The highest BCUT2D eigenvalue weighted by Crippen LogP contribution is 2.27. The quantitative estimate of drug-likeness (QED) is 0.537. The standard InChI is InChI=1S/C24H25N3O3S/c1-15-7-8-20-19(13-15)17(14-26-20)9-10-25-23(28)18-5-3-4-6-21(18)27-24(29)22-16(2)30-11-12-31-22/h3-8,13-14,26H,9-12H2,1-2H3,(H,25,28)(H,27,29). The molecule has 0 radical (unpaired) electrons. The molecule has 3 aromatic rings. The number of nitrogens with one attached hydrogen (secondary N) is 3. The number of fused-ring (bicyclic) bond motifs is 1. The van der Waals surface area contributed by atoms with Crippen molar-refractivity contribution >= 4 is 40.2 Å². The number of ether oxygens (including phenoxy) is 1. The first-order chi connectivity index (χ1) is 15.0. The third-order valence-electron chi connectivity index (χ3n) is 5.20. The van der Waals surface area contributed by atoms with Gasteiger partial charge in [-0.2, -0.15) is 0 Å². The molecule has 7 heteroatoms. The predicted octanol–water partition coefficient (Wildman–Crippen LogP) is 4.38. The smallest absolute Gasteiger partial charge is 0.265 e. The number of hydrogen-bond acceptors (Lipinski definition) is 4. The molecular weight excluding hydrogens is 410 g/mol. The molecule has 3 N–H and O–H groups in total. The number of allylic oxidation sites excluding steroid dienone is 1. The normalized spacial score (nSPS) is 13.7. The topological polar surface area (TPSA) is 83.2 Å². The van der Waals surface area contributed by atoms with Crippen LogP contribution in [-0.2, 0) is 16.0 Å². The third-order valence-corrected chi connectivity index (χ3v) is 6.33. The van der Waals surface area contributed by atoms with Gasteiger partial charge in [0.2, 0.25) is 0 Å². The van der Waals surface area contributed by atoms with E-state index in [2.05, 4.69) is 40.7 Å². The number of hydrogen-bond donors (Lipinski definition) is 3. The number of anilines is 1. The summed E-state index contributed by atoms with van der Waals surface area (Å²) in [6.45, 7) is 4.95. The fourth-order valence-corrected chi connectivity index (χ4v) is 4.42. The molecule has 1 aliphatic heterocycles. The van der Waals surface area contributed by atoms with E-state index in [-0.39, 0.29) is 11.8 Å². The highest BCUT2D eigenvalue weighted by Gasteiger charge is 2.21. The van der Waals surface area contributed by atoms with Gasteiger partial charge in [0, 0.05) is 29.4 Å². The van der Waals surface area contributed by atoms with Gasteiger partial charge in [-0.15, -0.1) is 11.8 Å². The van der Waals surface area contributed by atoms with Crippen LogP contribution in [0.25, 0.3) is 10.9 Å². The second-order valence-electron chi connectivity index (χ2n) is 7.45. The predicted molar refractivity (Wildman–Crippen MR) is 125 cm³/mol. The van der Waals surface area contributed by atoms with Crippen molar-refractivity contribution in [1.82, 2.24) is 10.3 Å². The Morgan fingerprint density at radius 3 is 2.81 bits per heavy atom. The van der Waals surface area contributed by atoms with Gasteiger partial charge >= 0.3 is 0 Å². The first-order valence-corrected chi connectivity index (χ1v) is 11.2. The SMILES string of the molecule is CC1=C(C(=O)Nc2ccccc2C(=O)NCCc2c[nH]c3ccc(C)cc23)SCCO1. The molecule has 160 valence electrons. The number of H-pyrrole nitrogens is 1. The Labute approximate surface area is 185 Å². The molecule has 0 bridgehead atoms. The summed E-state index contributed by atoms with van der Waals surface area (Å²) in [6.07, 6.45) is 2.70. The van der Waals surface area contributed by atoms with Crippen LogP contribution < -0.4 is 10.6 Å². The van der Waals surface area contributed by atoms with Crippen molar-refractivity contribution in [3.05, 3.63) is 76.0 Å². The van der Waals surface area contributed by atoms with Crippen LogP contribution >= 0.6 is 11.8 Å². The van der Waals surface area contributed by atoms with E-state index in [1.54, 1.807) is 31.2 Å². The van der Waals surface area contributed by atoms with Crippen molar-refractivity contribution in [2.24, 2.45) is 0 Å². The zero-order chi connectivity index (χ0) is 21.8. The fraction of sp³-hybridized carbons (Fsp3) is 0.250. The average Bonchev–Trinajstić information content (AvgIpc) is 3.16. The Morgan fingerprint density at radius 2 is 1.97 bits per heavy atom. The number of para-hydroxylation sites is 1. The summed E-state index contributed by atoms with van der Waals surface area (Å²) in [5, 5.41) is 7.01. The molecule has 2 amide bonds. The molecule has 0 aliphatic carbocycles. The van der Waals surface area contributed by atoms with Crippen LogP contribution in [0.3, 0.4) is 0 Å². The zero-order valence-electron chi connectivity index (χ0n) is 17.6. The van der Waals surface area contributed by atoms with E-state index in [0.29, 0.717) is 41.5 Å². The van der Waals surface area contributed by atoms with Crippen LogP contribution in [0.1, 0.15) is 28.4 Å². The van der Waals surface area contributed by atoms with E-state index >= 15 is 0 Å². The molecule has 2 aromatic carbocycles. The minimum atomic E-state index is -0.253. The number of carbonyl (C=O) groups excluding carboxylic acids is 2. The molecule has 0 unspecified atom stereocenters. The Bertz CT molecular complexity index is 1170. The van der Waals surface area contributed by atoms with Gasteiger partial charge in [-0.05, 0) is 50.1 Å². The zero-order valence-corrected chi connectivity index (χ0v) is 18.4. The van der Waals surface area contributed by atoms with Gasteiger partial charge in [0.1, 0.15) is 10.7 Å². The molecule has 0 atom stereocenters. The van der Waals surface area contributed by atoms with Crippen LogP contribution in [0.5, 0.6) is 0 Å². The molecule has 31 heavy (non-hydrogen) atoms. The summed E-state index contributed by atoms with van der Waals surface area (Å²) in [5.74, 6) is 0.877. The molecule has 0 saturated carbocycles. The lowest BCUT2D eigenvalue weighted by Crippen LogP contribution is -2.27. The second-order valence-corrected chi connectivity index (χ2v) is 8.56. The highest BCUT2D eigenvalue weighted by molar-refractivity contribution is 8.04. The largest absolute Gasteiger partial charge is 0.496 e. The number of carbonyl (C=O) groups is 2. The van der Waals surface area contributed by atoms with E-state index in [9.17, 15) is 9.59 Å². The van der Waals surface area contributed by atoms with Crippen LogP contribution in [0.4, 0.5) is 5.69 Å². The molecule has 6 nitrogen and oxygen atoms in total. The summed E-state index contributed by atoms with van der Waals surface area (Å²) < 4.78 is 5.47. The number of aromatic nitrogens is 1. The lowest BCUT2D eigenvalue weighted by Gasteiger charge is -2.18. The van der Waals surface area contributed by atoms with Crippen molar-refractivity contribution in [2.45, 2.75) is 20.3 Å². The molecule has 0 saturated heterocycles. The van der Waals surface area contributed by atoms with E-state index in [0.717, 1.165) is 16.8 Å². The number of aromatic amines is 1. The van der Waals surface area contributed by atoms with Crippen LogP contribution in [0.15, 0.2) is 59.3 Å². The Morgan fingerprint density at radius 1 is 1.13 bits per heavy atom. The molecule has 0 fully saturated rings. The number of thioether (sulfide) groups is 1. The van der Waals surface area contributed by atoms with Crippen LogP contribution in [0, 0.1) is 6.92 Å². The maximum atomic E-state index is 12.8. The van der Waals surface area contributed by atoms with Gasteiger partial charge < -0.3 is 20.4 Å². The van der Waals surface area contributed by atoms with Crippen molar-refractivity contribution in [2.75, 3.05) is 24.2 Å². The van der Waals surface area contributed by atoms with Gasteiger partial charge in [0.25, 0.3) is 11.8 Å². The summed E-state index contributed by atoms with van der Waals surface area (Å²) in [4.78, 5) is 29.3. The van der Waals surface area contributed by atoms with Gasteiger partial charge in [0.05, 0.1) is 17.9 Å². The summed E-state index contributed by atoms with van der Waals surface area (Å²) in [5.41, 5.74) is 4.38. The van der Waals surface area contributed by atoms with Crippen LogP contribution in [-0.4, -0.2) is 35.7 Å². The van der Waals surface area contributed by atoms with E-state index in [1.165, 1.54) is 22.7 Å². The Hall–Kier alpha value is -3.19. The van der Waals surface area contributed by atoms with Crippen molar-refractivity contribution < 1.29 is 14.3 Å². The van der Waals surface area contributed by atoms with Gasteiger partial charge in [-0.1, -0.05) is 23.8 Å². The summed E-state index contributed by atoms with van der Waals surface area (Å²) in [7, 11) is 0. The number of benzene rings is 2. The van der Waals surface area contributed by atoms with Gasteiger partial charge in [-0.3, -0.25) is 9.59 Å². The average molecular weight is 436 g/mol. The van der Waals surface area contributed by atoms with E-state index in [4.69, 9.17) is 4.74 Å². The molecule has 1 aromatic heterocycles. The van der Waals surface area contributed by atoms with Crippen molar-refractivity contribution in [1.29, 1.82) is 0 Å². The summed E-state index contributed by atoms with van der Waals surface area (Å²) >= 11 is 1.47. The number of rotatable bonds is 6.